The van der Waals surface area contributed by atoms with Gasteiger partial charge in [0.15, 0.2) is 0 Å². The highest BCUT2D eigenvalue weighted by molar-refractivity contribution is 5.85. The van der Waals surface area contributed by atoms with Gasteiger partial charge in [-0.1, -0.05) is 6.07 Å². The van der Waals surface area contributed by atoms with Gasteiger partial charge < -0.3 is 19.9 Å². The van der Waals surface area contributed by atoms with Crippen LogP contribution in [-0.4, -0.2) is 47.5 Å². The molecule has 1 aromatic heterocycles. The highest BCUT2D eigenvalue weighted by atomic mass is 16.5. The van der Waals surface area contributed by atoms with E-state index in [1.165, 1.54) is 16.6 Å². The predicted octanol–water partition coefficient (Wildman–Crippen LogP) is 2.82. The van der Waals surface area contributed by atoms with Crippen molar-refractivity contribution in [1.29, 1.82) is 0 Å². The van der Waals surface area contributed by atoms with Crippen LogP contribution in [0.3, 0.4) is 0 Å². The first-order chi connectivity index (χ1) is 13.5. The van der Waals surface area contributed by atoms with Crippen LogP contribution in [0.15, 0.2) is 18.2 Å². The van der Waals surface area contributed by atoms with Crippen molar-refractivity contribution in [3.63, 3.8) is 0 Å². The van der Waals surface area contributed by atoms with Crippen LogP contribution in [0, 0.1) is 19.8 Å². The van der Waals surface area contributed by atoms with Gasteiger partial charge in [-0.15, -0.1) is 0 Å². The second kappa shape index (κ2) is 7.95. The number of aromatic amines is 1. The molecule has 2 fully saturated rings. The normalized spacial score (nSPS) is 20.6. The van der Waals surface area contributed by atoms with E-state index in [9.17, 15) is 9.59 Å². The molecule has 1 atom stereocenters. The Kier molecular flexibility index (Phi) is 5.40. The molecule has 3 heterocycles. The number of benzene rings is 1. The van der Waals surface area contributed by atoms with Crippen molar-refractivity contribution >= 4 is 22.7 Å². The highest BCUT2D eigenvalue weighted by Crippen LogP contribution is 2.23. The number of fused-ring (bicyclic) bond motifs is 1. The number of amides is 2. The van der Waals surface area contributed by atoms with Crippen LogP contribution in [0.5, 0.6) is 0 Å². The molecular weight excluding hydrogens is 354 g/mol. The molecule has 28 heavy (non-hydrogen) atoms. The lowest BCUT2D eigenvalue weighted by Gasteiger charge is -2.32. The zero-order valence-electron chi connectivity index (χ0n) is 16.7. The average Bonchev–Trinajstić information content (AvgIpc) is 3.35. The summed E-state index contributed by atoms with van der Waals surface area (Å²) in [5.74, 6) is 0.168. The summed E-state index contributed by atoms with van der Waals surface area (Å²) in [6, 6.07) is 6.28. The fourth-order valence-corrected chi connectivity index (χ4v) is 4.29. The van der Waals surface area contributed by atoms with Gasteiger partial charge in [0.1, 0.15) is 6.10 Å². The summed E-state index contributed by atoms with van der Waals surface area (Å²) < 4.78 is 5.50. The number of carbonyl (C=O) groups excluding carboxylic acids is 2. The highest BCUT2D eigenvalue weighted by Gasteiger charge is 2.32. The number of aryl methyl sites for hydroxylation is 2. The molecule has 2 aliphatic heterocycles. The number of piperidine rings is 1. The Morgan fingerprint density at radius 3 is 2.71 bits per heavy atom. The van der Waals surface area contributed by atoms with Gasteiger partial charge in [-0.3, -0.25) is 9.59 Å². The van der Waals surface area contributed by atoms with E-state index < -0.39 is 0 Å². The lowest BCUT2D eigenvalue weighted by molar-refractivity contribution is -0.143. The van der Waals surface area contributed by atoms with Crippen molar-refractivity contribution in [2.45, 2.75) is 52.2 Å². The maximum absolute atomic E-state index is 12.6. The molecule has 2 N–H and O–H groups in total. The minimum atomic E-state index is -0.263. The zero-order chi connectivity index (χ0) is 19.7. The number of carbonyl (C=O) groups is 2. The fraction of sp³-hybridized carbons (Fsp3) is 0.545. The second-order valence-corrected chi connectivity index (χ2v) is 8.07. The molecule has 0 bridgehead atoms. The van der Waals surface area contributed by atoms with E-state index in [0.717, 1.165) is 36.8 Å². The van der Waals surface area contributed by atoms with Crippen LogP contribution in [-0.2, 0) is 20.9 Å². The predicted molar refractivity (Wildman–Crippen MR) is 108 cm³/mol. The minimum absolute atomic E-state index is 0.0199. The lowest BCUT2D eigenvalue weighted by atomic mass is 9.95. The summed E-state index contributed by atoms with van der Waals surface area (Å²) in [4.78, 5) is 30.3. The Bertz CT molecular complexity index is 875. The number of ether oxygens (including phenoxy) is 1. The molecule has 2 saturated heterocycles. The summed E-state index contributed by atoms with van der Waals surface area (Å²) in [5.41, 5.74) is 4.68. The summed E-state index contributed by atoms with van der Waals surface area (Å²) in [6.07, 6.45) is 2.96. The van der Waals surface area contributed by atoms with Crippen LogP contribution in [0.4, 0.5) is 0 Å². The first-order valence-corrected chi connectivity index (χ1v) is 10.3. The Labute approximate surface area is 165 Å². The number of hydrogen-bond donors (Lipinski definition) is 2. The van der Waals surface area contributed by atoms with Gasteiger partial charge in [-0.25, -0.2) is 0 Å². The molecule has 4 rings (SSSR count). The molecule has 0 aliphatic carbocycles. The zero-order valence-corrected chi connectivity index (χ0v) is 16.7. The lowest BCUT2D eigenvalue weighted by Crippen LogP contribution is -2.46. The van der Waals surface area contributed by atoms with E-state index in [1.54, 1.807) is 0 Å². The third-order valence-corrected chi connectivity index (χ3v) is 6.22. The monoisotopic (exact) mass is 383 g/mol. The number of hydrogen-bond acceptors (Lipinski definition) is 3. The number of rotatable bonds is 4. The van der Waals surface area contributed by atoms with Gasteiger partial charge >= 0.3 is 0 Å². The van der Waals surface area contributed by atoms with Gasteiger partial charge in [-0.2, -0.15) is 0 Å². The molecule has 150 valence electrons. The Morgan fingerprint density at radius 1 is 1.21 bits per heavy atom. The maximum Gasteiger partial charge on any atom is 0.251 e. The third kappa shape index (κ3) is 3.78. The van der Waals surface area contributed by atoms with Crippen LogP contribution < -0.4 is 5.32 Å². The number of likely N-dealkylation sites (tertiary alicyclic amines) is 1. The molecule has 6 heteroatoms. The molecule has 2 aromatic rings. The van der Waals surface area contributed by atoms with E-state index in [-0.39, 0.29) is 23.8 Å². The number of nitrogens with one attached hydrogen (secondary N) is 2. The first-order valence-electron chi connectivity index (χ1n) is 10.3. The van der Waals surface area contributed by atoms with Crippen molar-refractivity contribution in [3.05, 3.63) is 35.0 Å². The molecule has 0 radical (unpaired) electrons. The average molecular weight is 383 g/mol. The number of nitrogens with zero attached hydrogens (tertiary/aromatic N) is 1. The molecular formula is C22H29N3O3. The quantitative estimate of drug-likeness (QED) is 0.853. The van der Waals surface area contributed by atoms with E-state index >= 15 is 0 Å². The SMILES string of the molecule is Cc1[nH]c2ccc(CNC(=O)C3CCN(C(=O)[C@@H]4CCCO4)CC3)cc2c1C. The fourth-order valence-electron chi connectivity index (χ4n) is 4.29. The Hall–Kier alpha value is -2.34. The summed E-state index contributed by atoms with van der Waals surface area (Å²) in [5, 5.41) is 4.29. The van der Waals surface area contributed by atoms with E-state index in [0.29, 0.717) is 26.2 Å². The van der Waals surface area contributed by atoms with Gasteiger partial charge in [0, 0.05) is 48.8 Å². The van der Waals surface area contributed by atoms with E-state index in [2.05, 4.69) is 42.3 Å². The minimum Gasteiger partial charge on any atom is -0.368 e. The molecule has 0 unspecified atom stereocenters. The van der Waals surface area contributed by atoms with Crippen LogP contribution >= 0.6 is 0 Å². The molecule has 0 saturated carbocycles. The molecule has 0 spiro atoms. The van der Waals surface area contributed by atoms with Crippen molar-refractivity contribution in [3.8, 4) is 0 Å². The second-order valence-electron chi connectivity index (χ2n) is 8.07. The summed E-state index contributed by atoms with van der Waals surface area (Å²) in [7, 11) is 0. The molecule has 1 aromatic carbocycles. The van der Waals surface area contributed by atoms with Crippen molar-refractivity contribution in [2.75, 3.05) is 19.7 Å². The van der Waals surface area contributed by atoms with Gasteiger partial charge in [0.05, 0.1) is 0 Å². The van der Waals surface area contributed by atoms with Gasteiger partial charge in [0.25, 0.3) is 5.91 Å². The third-order valence-electron chi connectivity index (χ3n) is 6.22. The summed E-state index contributed by atoms with van der Waals surface area (Å²) >= 11 is 0. The largest absolute Gasteiger partial charge is 0.368 e. The molecule has 2 aliphatic rings. The summed E-state index contributed by atoms with van der Waals surface area (Å²) in [6.45, 7) is 6.69. The van der Waals surface area contributed by atoms with Crippen LogP contribution in [0.25, 0.3) is 10.9 Å². The van der Waals surface area contributed by atoms with Gasteiger partial charge in [-0.05, 0) is 62.8 Å². The maximum atomic E-state index is 12.6. The van der Waals surface area contributed by atoms with Crippen LogP contribution in [0.2, 0.25) is 0 Å². The number of H-pyrrole nitrogens is 1. The first kappa shape index (κ1) is 19.0. The standard InChI is InChI=1S/C22H29N3O3/c1-14-15(2)24-19-6-5-16(12-18(14)19)13-23-21(26)17-7-9-25(10-8-17)22(27)20-4-3-11-28-20/h5-6,12,17,20,24H,3-4,7-11,13H2,1-2H3,(H,23,26)/t20-/m0/s1. The Balaban J connectivity index is 1.29. The Morgan fingerprint density at radius 2 is 2.00 bits per heavy atom. The van der Waals surface area contributed by atoms with Crippen LogP contribution in [0.1, 0.15) is 42.5 Å². The molecule has 2 amide bonds. The van der Waals surface area contributed by atoms with Crippen molar-refractivity contribution < 1.29 is 14.3 Å². The van der Waals surface area contributed by atoms with E-state index in [1.807, 2.05) is 4.90 Å². The molecule has 6 nitrogen and oxygen atoms in total. The topological polar surface area (TPSA) is 74.4 Å². The van der Waals surface area contributed by atoms with Crippen molar-refractivity contribution in [1.82, 2.24) is 15.2 Å². The van der Waals surface area contributed by atoms with E-state index in [4.69, 9.17) is 4.74 Å². The number of aromatic nitrogens is 1. The van der Waals surface area contributed by atoms with Gasteiger partial charge in [0.2, 0.25) is 5.91 Å². The van der Waals surface area contributed by atoms with Crippen molar-refractivity contribution in [2.24, 2.45) is 5.92 Å². The smallest absolute Gasteiger partial charge is 0.251 e.